The van der Waals surface area contributed by atoms with Gasteiger partial charge in [0.2, 0.25) is 0 Å². The number of thioether (sulfide) groups is 2. The first-order valence-electron chi connectivity index (χ1n) is 5.72. The normalized spacial score (nSPS) is 23.1. The van der Waals surface area contributed by atoms with Crippen LogP contribution in [0.5, 0.6) is 0 Å². The van der Waals surface area contributed by atoms with Crippen LogP contribution >= 0.6 is 39.5 Å². The molecule has 0 unspecified atom stereocenters. The zero-order chi connectivity index (χ0) is 12.5. The van der Waals surface area contributed by atoms with Gasteiger partial charge in [-0.15, -0.1) is 23.5 Å². The van der Waals surface area contributed by atoms with E-state index >= 15 is 0 Å². The average molecular weight is 333 g/mol. The Morgan fingerprint density at radius 3 is 2.59 bits per heavy atom. The van der Waals surface area contributed by atoms with Crippen molar-refractivity contribution in [2.24, 2.45) is 0 Å². The lowest BCUT2D eigenvalue weighted by Gasteiger charge is -2.44. The van der Waals surface area contributed by atoms with Gasteiger partial charge >= 0.3 is 0 Å². The predicted octanol–water partition coefficient (Wildman–Crippen LogP) is 4.24. The van der Waals surface area contributed by atoms with E-state index in [-0.39, 0.29) is 4.08 Å². The van der Waals surface area contributed by atoms with Crippen LogP contribution in [0, 0.1) is 0 Å². The molecule has 0 amide bonds. The van der Waals surface area contributed by atoms with Gasteiger partial charge in [-0.1, -0.05) is 28.1 Å². The predicted molar refractivity (Wildman–Crippen MR) is 81.7 cm³/mol. The summed E-state index contributed by atoms with van der Waals surface area (Å²) in [6.45, 7) is 4.09. The molecule has 0 aromatic heterocycles. The number of benzene rings is 1. The van der Waals surface area contributed by atoms with E-state index in [0.717, 1.165) is 21.5 Å². The molecule has 4 heteroatoms. The molecule has 1 atom stereocenters. The van der Waals surface area contributed by atoms with Crippen molar-refractivity contribution in [1.29, 1.82) is 0 Å². The summed E-state index contributed by atoms with van der Waals surface area (Å²) in [4.78, 5) is 0. The molecule has 1 N–H and O–H groups in total. The molecule has 0 bridgehead atoms. The minimum atomic E-state index is -0.813. The highest BCUT2D eigenvalue weighted by molar-refractivity contribution is 9.10. The van der Waals surface area contributed by atoms with E-state index < -0.39 is 5.60 Å². The van der Waals surface area contributed by atoms with Gasteiger partial charge in [-0.2, -0.15) is 0 Å². The summed E-state index contributed by atoms with van der Waals surface area (Å²) >= 11 is 7.21. The van der Waals surface area contributed by atoms with Crippen molar-refractivity contribution in [2.45, 2.75) is 29.9 Å². The molecule has 1 heterocycles. The monoisotopic (exact) mass is 332 g/mol. The fourth-order valence-electron chi connectivity index (χ4n) is 1.97. The fraction of sp³-hybridized carbons (Fsp3) is 0.538. The summed E-state index contributed by atoms with van der Waals surface area (Å²) in [6.07, 6.45) is 1.24. The number of halogens is 1. The highest BCUT2D eigenvalue weighted by atomic mass is 79.9. The summed E-state index contributed by atoms with van der Waals surface area (Å²) < 4.78 is 0.858. The van der Waals surface area contributed by atoms with Gasteiger partial charge in [-0.05, 0) is 49.5 Å². The summed E-state index contributed by atoms with van der Waals surface area (Å²) in [6, 6.07) is 7.99. The lowest BCUT2D eigenvalue weighted by Crippen LogP contribution is -2.44. The Kier molecular flexibility index (Phi) is 4.18. The van der Waals surface area contributed by atoms with E-state index in [2.05, 4.69) is 22.9 Å². The molecule has 94 valence electrons. The van der Waals surface area contributed by atoms with E-state index in [4.69, 9.17) is 0 Å². The summed E-state index contributed by atoms with van der Waals surface area (Å²) in [5.41, 5.74) is 0.170. The third-order valence-corrected chi connectivity index (χ3v) is 7.40. The van der Waals surface area contributed by atoms with Crippen LogP contribution in [0.15, 0.2) is 28.7 Å². The van der Waals surface area contributed by atoms with Crippen molar-refractivity contribution in [1.82, 2.24) is 0 Å². The average Bonchev–Trinajstić information content (AvgIpc) is 2.30. The van der Waals surface area contributed by atoms with E-state index in [1.807, 2.05) is 54.7 Å². The van der Waals surface area contributed by atoms with Gasteiger partial charge in [-0.25, -0.2) is 0 Å². The minimum Gasteiger partial charge on any atom is -0.383 e. The largest absolute Gasteiger partial charge is 0.383 e. The molecule has 1 fully saturated rings. The molecule has 1 aromatic carbocycles. The zero-order valence-electron chi connectivity index (χ0n) is 10.1. The first-order chi connectivity index (χ1) is 7.96. The van der Waals surface area contributed by atoms with Gasteiger partial charge in [0.05, 0.1) is 4.08 Å². The number of hydrogen-bond acceptors (Lipinski definition) is 3. The Balaban J connectivity index is 2.34. The second-order valence-corrected chi connectivity index (χ2v) is 8.78. The maximum absolute atomic E-state index is 10.9. The zero-order valence-corrected chi connectivity index (χ0v) is 13.3. The SMILES string of the molecule is CC1([C@@](C)(O)c2cccc(Br)c2)SCCCS1. The number of rotatable bonds is 2. The van der Waals surface area contributed by atoms with Crippen LogP contribution in [0.1, 0.15) is 25.8 Å². The molecule has 1 nitrogen and oxygen atoms in total. The van der Waals surface area contributed by atoms with Crippen LogP contribution in [0.3, 0.4) is 0 Å². The molecule has 0 saturated carbocycles. The highest BCUT2D eigenvalue weighted by Crippen LogP contribution is 2.53. The van der Waals surface area contributed by atoms with Crippen molar-refractivity contribution in [3.63, 3.8) is 0 Å². The maximum Gasteiger partial charge on any atom is 0.110 e. The lowest BCUT2D eigenvalue weighted by molar-refractivity contribution is 0.0487. The van der Waals surface area contributed by atoms with Gasteiger partial charge in [0.15, 0.2) is 0 Å². The molecule has 17 heavy (non-hydrogen) atoms. The topological polar surface area (TPSA) is 20.2 Å². The highest BCUT2D eigenvalue weighted by Gasteiger charge is 2.46. The lowest BCUT2D eigenvalue weighted by atomic mass is 9.92. The van der Waals surface area contributed by atoms with Crippen LogP contribution in [0.25, 0.3) is 0 Å². The standard InChI is InChI=1S/C13H17BrOS2/c1-12(15,10-5-3-6-11(14)9-10)13(2)16-7-4-8-17-13/h3,5-6,9,15H,4,7-8H2,1-2H3/t12-/m0/s1. The van der Waals surface area contributed by atoms with Crippen LogP contribution in [-0.2, 0) is 5.60 Å². The molecule has 0 radical (unpaired) electrons. The molecule has 1 aliphatic heterocycles. The Morgan fingerprint density at radius 2 is 2.00 bits per heavy atom. The van der Waals surface area contributed by atoms with E-state index in [9.17, 15) is 5.11 Å². The van der Waals surface area contributed by atoms with Gasteiger partial charge in [0.25, 0.3) is 0 Å². The van der Waals surface area contributed by atoms with E-state index in [0.29, 0.717) is 0 Å². The molecule has 0 spiro atoms. The minimum absolute atomic E-state index is 0.161. The summed E-state index contributed by atoms with van der Waals surface area (Å²) in [7, 11) is 0. The molecule has 1 aliphatic rings. The fourth-order valence-corrected chi connectivity index (χ4v) is 5.54. The quantitative estimate of drug-likeness (QED) is 0.874. The Labute approximate surface area is 120 Å². The van der Waals surface area contributed by atoms with Crippen molar-refractivity contribution < 1.29 is 5.11 Å². The smallest absolute Gasteiger partial charge is 0.110 e. The maximum atomic E-state index is 10.9. The number of hydrogen-bond donors (Lipinski definition) is 1. The van der Waals surface area contributed by atoms with Crippen LogP contribution in [0.4, 0.5) is 0 Å². The Morgan fingerprint density at radius 1 is 1.35 bits per heavy atom. The van der Waals surface area contributed by atoms with Crippen LogP contribution in [0.2, 0.25) is 0 Å². The third-order valence-electron chi connectivity index (χ3n) is 3.31. The molecular weight excluding hydrogens is 316 g/mol. The van der Waals surface area contributed by atoms with Crippen molar-refractivity contribution in [3.8, 4) is 0 Å². The van der Waals surface area contributed by atoms with Crippen molar-refractivity contribution in [3.05, 3.63) is 34.3 Å². The molecule has 2 rings (SSSR count). The molecule has 0 aliphatic carbocycles. The number of aliphatic hydroxyl groups is 1. The second kappa shape index (κ2) is 5.16. The van der Waals surface area contributed by atoms with Crippen molar-refractivity contribution in [2.75, 3.05) is 11.5 Å². The summed E-state index contributed by atoms with van der Waals surface area (Å²) in [5, 5.41) is 10.9. The van der Waals surface area contributed by atoms with Crippen LogP contribution in [-0.4, -0.2) is 20.7 Å². The Hall–Kier alpha value is 0.360. The first kappa shape index (κ1) is 13.8. The molecule has 1 saturated heterocycles. The summed E-state index contributed by atoms with van der Waals surface area (Å²) in [5.74, 6) is 2.27. The van der Waals surface area contributed by atoms with Crippen molar-refractivity contribution >= 4 is 39.5 Å². The molecule has 1 aromatic rings. The Bertz CT molecular complexity index is 400. The van der Waals surface area contributed by atoms with E-state index in [1.54, 1.807) is 0 Å². The third kappa shape index (κ3) is 2.70. The first-order valence-corrected chi connectivity index (χ1v) is 8.48. The van der Waals surface area contributed by atoms with Gasteiger partial charge in [0.1, 0.15) is 5.60 Å². The van der Waals surface area contributed by atoms with Crippen LogP contribution < -0.4 is 0 Å². The van der Waals surface area contributed by atoms with Gasteiger partial charge in [0, 0.05) is 4.47 Å². The van der Waals surface area contributed by atoms with Gasteiger partial charge < -0.3 is 5.11 Å². The van der Waals surface area contributed by atoms with Gasteiger partial charge in [-0.3, -0.25) is 0 Å². The van der Waals surface area contributed by atoms with E-state index in [1.165, 1.54) is 6.42 Å². The second-order valence-electron chi connectivity index (χ2n) is 4.58. The molecular formula is C13H17BrOS2.